The van der Waals surface area contributed by atoms with Gasteiger partial charge in [0.2, 0.25) is 5.95 Å². The van der Waals surface area contributed by atoms with E-state index in [-0.39, 0.29) is 23.9 Å². The summed E-state index contributed by atoms with van der Waals surface area (Å²) in [5.74, 6) is 0.178. The lowest BCUT2D eigenvalue weighted by atomic mass is 10.1. The van der Waals surface area contributed by atoms with E-state index in [0.717, 1.165) is 12.1 Å². The van der Waals surface area contributed by atoms with Crippen LogP contribution in [0.3, 0.4) is 0 Å². The second-order valence-corrected chi connectivity index (χ2v) is 6.52. The monoisotopic (exact) mass is 344 g/mol. The van der Waals surface area contributed by atoms with Gasteiger partial charge in [-0.3, -0.25) is 9.48 Å². The maximum Gasteiger partial charge on any atom is 0.272 e. The van der Waals surface area contributed by atoms with E-state index in [1.165, 1.54) is 0 Å². The summed E-state index contributed by atoms with van der Waals surface area (Å²) in [5.41, 5.74) is 6.90. The van der Waals surface area contributed by atoms with Crippen molar-refractivity contribution in [3.05, 3.63) is 35.9 Å². The average Bonchev–Trinajstić information content (AvgIpc) is 2.98. The van der Waals surface area contributed by atoms with Crippen LogP contribution in [0.2, 0.25) is 0 Å². The fraction of sp³-hybridized carbons (Fsp3) is 0.529. The molecule has 1 saturated heterocycles. The molecular formula is C17H24N6O2. The summed E-state index contributed by atoms with van der Waals surface area (Å²) in [6, 6.07) is 3.61. The Morgan fingerprint density at radius 2 is 2.28 bits per heavy atom. The van der Waals surface area contributed by atoms with Crippen LogP contribution in [0.5, 0.6) is 0 Å². The quantitative estimate of drug-likeness (QED) is 0.898. The van der Waals surface area contributed by atoms with E-state index in [1.54, 1.807) is 17.2 Å². The van der Waals surface area contributed by atoms with Crippen molar-refractivity contribution in [1.29, 1.82) is 0 Å². The lowest BCUT2D eigenvalue weighted by molar-refractivity contribution is 0.0365. The van der Waals surface area contributed by atoms with E-state index in [4.69, 9.17) is 10.5 Å². The molecule has 134 valence electrons. The molecule has 0 saturated carbocycles. The smallest absolute Gasteiger partial charge is 0.272 e. The summed E-state index contributed by atoms with van der Waals surface area (Å²) >= 11 is 0. The molecule has 1 aliphatic rings. The van der Waals surface area contributed by atoms with Crippen LogP contribution in [-0.2, 0) is 11.3 Å². The number of nitrogens with zero attached hydrogens (tertiary/aromatic N) is 5. The molecule has 8 heteroatoms. The maximum atomic E-state index is 12.9. The molecule has 0 unspecified atom stereocenters. The topological polar surface area (TPSA) is 99.2 Å². The molecule has 1 fully saturated rings. The molecule has 0 aliphatic carbocycles. The number of aromatic nitrogens is 4. The van der Waals surface area contributed by atoms with E-state index in [2.05, 4.69) is 15.1 Å². The minimum Gasteiger partial charge on any atom is -0.374 e. The largest absolute Gasteiger partial charge is 0.374 e. The Hall–Kier alpha value is -2.48. The van der Waals surface area contributed by atoms with Gasteiger partial charge in [-0.15, -0.1) is 0 Å². The Kier molecular flexibility index (Phi) is 5.28. The maximum absolute atomic E-state index is 12.9. The van der Waals surface area contributed by atoms with Crippen molar-refractivity contribution in [2.45, 2.75) is 38.8 Å². The third-order valence-corrected chi connectivity index (χ3v) is 4.16. The van der Waals surface area contributed by atoms with Gasteiger partial charge in [0.1, 0.15) is 5.69 Å². The zero-order chi connectivity index (χ0) is 17.8. The number of amides is 1. The number of nitrogens with two attached hydrogens (primary N) is 1. The molecule has 1 aliphatic heterocycles. The van der Waals surface area contributed by atoms with Gasteiger partial charge >= 0.3 is 0 Å². The Labute approximate surface area is 147 Å². The fourth-order valence-corrected chi connectivity index (χ4v) is 2.86. The Morgan fingerprint density at radius 3 is 3.00 bits per heavy atom. The number of rotatable bonds is 4. The summed E-state index contributed by atoms with van der Waals surface area (Å²) in [5, 5.41) is 4.21. The molecule has 0 bridgehead atoms. The first-order valence-electron chi connectivity index (χ1n) is 8.55. The highest BCUT2D eigenvalue weighted by Gasteiger charge is 2.25. The van der Waals surface area contributed by atoms with Crippen molar-refractivity contribution in [1.82, 2.24) is 24.6 Å². The predicted octanol–water partition coefficient (Wildman–Crippen LogP) is 1.31. The molecule has 2 aromatic heterocycles. The van der Waals surface area contributed by atoms with Crippen LogP contribution < -0.4 is 5.73 Å². The van der Waals surface area contributed by atoms with E-state index in [1.807, 2.05) is 30.8 Å². The Morgan fingerprint density at radius 1 is 1.44 bits per heavy atom. The lowest BCUT2D eigenvalue weighted by Crippen LogP contribution is -2.39. The van der Waals surface area contributed by atoms with E-state index in [9.17, 15) is 4.79 Å². The molecule has 0 radical (unpaired) electrons. The summed E-state index contributed by atoms with van der Waals surface area (Å²) < 4.78 is 7.68. The first-order chi connectivity index (χ1) is 12.0. The second kappa shape index (κ2) is 7.60. The van der Waals surface area contributed by atoms with Crippen LogP contribution in [0.25, 0.3) is 0 Å². The van der Waals surface area contributed by atoms with Crippen LogP contribution in [0, 0.1) is 0 Å². The number of carbonyl (C=O) groups excluding carboxylic acids is 1. The van der Waals surface area contributed by atoms with E-state index >= 15 is 0 Å². The summed E-state index contributed by atoms with van der Waals surface area (Å²) in [6.07, 6.45) is 4.31. The van der Waals surface area contributed by atoms with Crippen molar-refractivity contribution in [2.24, 2.45) is 0 Å². The Balaban J connectivity index is 1.76. The SMILES string of the molecule is CC(C)c1cc(C(=O)N2CCCO[C@H](Cn3cccn3)C2)nc(N)n1. The van der Waals surface area contributed by atoms with Gasteiger partial charge in [0, 0.05) is 37.8 Å². The number of carbonyl (C=O) groups is 1. The number of hydrogen-bond acceptors (Lipinski definition) is 6. The summed E-state index contributed by atoms with van der Waals surface area (Å²) in [7, 11) is 0. The Bertz CT molecular complexity index is 716. The number of anilines is 1. The summed E-state index contributed by atoms with van der Waals surface area (Å²) in [6.45, 7) is 6.39. The highest BCUT2D eigenvalue weighted by molar-refractivity contribution is 5.92. The van der Waals surface area contributed by atoms with Crippen molar-refractivity contribution in [3.8, 4) is 0 Å². The van der Waals surface area contributed by atoms with Gasteiger partial charge in [0.15, 0.2) is 0 Å². The van der Waals surface area contributed by atoms with E-state index in [0.29, 0.717) is 31.9 Å². The van der Waals surface area contributed by atoms with Gasteiger partial charge in [-0.25, -0.2) is 9.97 Å². The van der Waals surface area contributed by atoms with Crippen LogP contribution in [-0.4, -0.2) is 56.4 Å². The summed E-state index contributed by atoms with van der Waals surface area (Å²) in [4.78, 5) is 23.1. The molecule has 1 amide bonds. The van der Waals surface area contributed by atoms with Gasteiger partial charge in [0.05, 0.1) is 12.6 Å². The fourth-order valence-electron chi connectivity index (χ4n) is 2.86. The molecule has 3 heterocycles. The first kappa shape index (κ1) is 17.3. The second-order valence-electron chi connectivity index (χ2n) is 6.52. The molecule has 3 rings (SSSR count). The molecule has 0 spiro atoms. The molecule has 2 N–H and O–H groups in total. The van der Waals surface area contributed by atoms with Crippen molar-refractivity contribution in [2.75, 3.05) is 25.4 Å². The number of nitrogen functional groups attached to an aromatic ring is 1. The predicted molar refractivity (Wildman–Crippen MR) is 93.0 cm³/mol. The lowest BCUT2D eigenvalue weighted by Gasteiger charge is -2.24. The minimum atomic E-state index is -0.132. The molecule has 0 aromatic carbocycles. The molecule has 1 atom stereocenters. The highest BCUT2D eigenvalue weighted by Crippen LogP contribution is 2.16. The third kappa shape index (κ3) is 4.33. The van der Waals surface area contributed by atoms with Crippen molar-refractivity contribution >= 4 is 11.9 Å². The number of ether oxygens (including phenoxy) is 1. The van der Waals surface area contributed by atoms with Gasteiger partial charge in [-0.05, 0) is 24.5 Å². The third-order valence-electron chi connectivity index (χ3n) is 4.16. The average molecular weight is 344 g/mol. The zero-order valence-electron chi connectivity index (χ0n) is 14.6. The van der Waals surface area contributed by atoms with Crippen LogP contribution in [0.15, 0.2) is 24.5 Å². The van der Waals surface area contributed by atoms with Crippen molar-refractivity contribution < 1.29 is 9.53 Å². The molecular weight excluding hydrogens is 320 g/mol. The number of hydrogen-bond donors (Lipinski definition) is 1. The zero-order valence-corrected chi connectivity index (χ0v) is 14.6. The van der Waals surface area contributed by atoms with Crippen LogP contribution in [0.1, 0.15) is 42.4 Å². The minimum absolute atomic E-state index is 0.102. The standard InChI is InChI=1S/C17H24N6O2/c1-12(2)14-9-15(21-17(18)20-14)16(24)22-6-4-8-25-13(10-22)11-23-7-3-5-19-23/h3,5,7,9,12-13H,4,6,8,10-11H2,1-2H3,(H2,18,20,21)/t13-/m0/s1. The van der Waals surface area contributed by atoms with Gasteiger partial charge in [-0.2, -0.15) is 5.10 Å². The van der Waals surface area contributed by atoms with Crippen LogP contribution >= 0.6 is 0 Å². The molecule has 8 nitrogen and oxygen atoms in total. The molecule has 25 heavy (non-hydrogen) atoms. The van der Waals surface area contributed by atoms with Crippen LogP contribution in [0.4, 0.5) is 5.95 Å². The molecule has 2 aromatic rings. The van der Waals surface area contributed by atoms with Gasteiger partial charge < -0.3 is 15.4 Å². The van der Waals surface area contributed by atoms with E-state index < -0.39 is 0 Å². The van der Waals surface area contributed by atoms with Gasteiger partial charge in [-0.1, -0.05) is 13.8 Å². The van der Waals surface area contributed by atoms with Gasteiger partial charge in [0.25, 0.3) is 5.91 Å². The first-order valence-corrected chi connectivity index (χ1v) is 8.55. The van der Waals surface area contributed by atoms with Crippen molar-refractivity contribution in [3.63, 3.8) is 0 Å². The normalized spacial score (nSPS) is 18.4. The highest BCUT2D eigenvalue weighted by atomic mass is 16.5.